The average Bonchev–Trinajstić information content (AvgIpc) is 3.20. The van der Waals surface area contributed by atoms with Crippen molar-refractivity contribution in [1.82, 2.24) is 4.90 Å². The number of carbonyl (C=O) groups is 2. The molecule has 0 unspecified atom stereocenters. The second-order valence-electron chi connectivity index (χ2n) is 4.58. The molecule has 6 heteroatoms. The van der Waals surface area contributed by atoms with E-state index in [-0.39, 0.29) is 23.8 Å². The van der Waals surface area contributed by atoms with Gasteiger partial charge in [-0.1, -0.05) is 0 Å². The highest BCUT2D eigenvalue weighted by Gasteiger charge is 2.29. The van der Waals surface area contributed by atoms with Crippen LogP contribution in [0.1, 0.15) is 23.2 Å². The van der Waals surface area contributed by atoms with Gasteiger partial charge in [-0.2, -0.15) is 0 Å². The molecule has 1 aliphatic carbocycles. The lowest BCUT2D eigenvalue weighted by Crippen LogP contribution is -2.33. The highest BCUT2D eigenvalue weighted by Crippen LogP contribution is 2.26. The topological polar surface area (TPSA) is 92.9 Å². The van der Waals surface area contributed by atoms with Gasteiger partial charge in [-0.05, 0) is 31.0 Å². The molecule has 0 heterocycles. The molecule has 0 spiro atoms. The molecular formula is C13H16N2O4. The Hall–Kier alpha value is -2.24. The highest BCUT2D eigenvalue weighted by molar-refractivity contribution is 5.89. The maximum absolute atomic E-state index is 11.8. The van der Waals surface area contributed by atoms with Crippen LogP contribution >= 0.6 is 0 Å². The summed E-state index contributed by atoms with van der Waals surface area (Å²) in [7, 11) is 1.74. The normalized spacial score (nSPS) is 13.9. The Kier molecular flexibility index (Phi) is 3.59. The van der Waals surface area contributed by atoms with Crippen molar-refractivity contribution in [3.05, 3.63) is 23.8 Å². The monoisotopic (exact) mass is 264 g/mol. The van der Waals surface area contributed by atoms with Gasteiger partial charge in [0, 0.05) is 13.1 Å². The number of carboxylic acid groups (broad SMARTS) is 1. The molecule has 1 aromatic rings. The fraction of sp³-hybridized carbons (Fsp3) is 0.385. The number of aromatic carboxylic acids is 1. The Bertz CT molecular complexity index is 511. The first-order chi connectivity index (χ1) is 8.99. The SMILES string of the molecule is CN(C(=O)COc1cc(C(=O)O)ccc1N)C1CC1. The molecule has 1 fully saturated rings. The first-order valence-corrected chi connectivity index (χ1v) is 6.00. The number of carboxylic acids is 1. The van der Waals surface area contributed by atoms with E-state index in [0.717, 1.165) is 12.8 Å². The van der Waals surface area contributed by atoms with Crippen molar-refractivity contribution < 1.29 is 19.4 Å². The molecule has 1 amide bonds. The lowest BCUT2D eigenvalue weighted by atomic mass is 10.2. The molecule has 0 aliphatic heterocycles. The van der Waals surface area contributed by atoms with Gasteiger partial charge in [0.2, 0.25) is 0 Å². The zero-order valence-electron chi connectivity index (χ0n) is 10.6. The number of benzene rings is 1. The third-order valence-corrected chi connectivity index (χ3v) is 3.10. The first kappa shape index (κ1) is 13.2. The van der Waals surface area contributed by atoms with E-state index in [0.29, 0.717) is 11.7 Å². The van der Waals surface area contributed by atoms with Crippen molar-refractivity contribution in [3.8, 4) is 5.75 Å². The van der Waals surface area contributed by atoms with E-state index >= 15 is 0 Å². The van der Waals surface area contributed by atoms with Crippen molar-refractivity contribution in [2.75, 3.05) is 19.4 Å². The molecule has 6 nitrogen and oxygen atoms in total. The van der Waals surface area contributed by atoms with Crippen molar-refractivity contribution in [2.45, 2.75) is 18.9 Å². The molecule has 19 heavy (non-hydrogen) atoms. The Balaban J connectivity index is 2.00. The predicted molar refractivity (Wildman–Crippen MR) is 69.1 cm³/mol. The van der Waals surface area contributed by atoms with Gasteiger partial charge in [0.25, 0.3) is 5.91 Å². The van der Waals surface area contributed by atoms with Crippen LogP contribution in [0.3, 0.4) is 0 Å². The predicted octanol–water partition coefficient (Wildman–Crippen LogP) is 0.967. The van der Waals surface area contributed by atoms with E-state index < -0.39 is 5.97 Å². The number of amides is 1. The molecule has 1 saturated carbocycles. The van der Waals surface area contributed by atoms with Gasteiger partial charge >= 0.3 is 5.97 Å². The van der Waals surface area contributed by atoms with E-state index in [9.17, 15) is 9.59 Å². The summed E-state index contributed by atoms with van der Waals surface area (Å²) in [5.74, 6) is -0.980. The third-order valence-electron chi connectivity index (χ3n) is 3.10. The van der Waals surface area contributed by atoms with Crippen molar-refractivity contribution >= 4 is 17.6 Å². The second kappa shape index (κ2) is 5.17. The van der Waals surface area contributed by atoms with Crippen LogP contribution < -0.4 is 10.5 Å². The molecule has 3 N–H and O–H groups in total. The smallest absolute Gasteiger partial charge is 0.335 e. The fourth-order valence-electron chi connectivity index (χ4n) is 1.70. The van der Waals surface area contributed by atoms with E-state index in [1.165, 1.54) is 18.2 Å². The minimum Gasteiger partial charge on any atom is -0.482 e. The molecular weight excluding hydrogens is 248 g/mol. The lowest BCUT2D eigenvalue weighted by Gasteiger charge is -2.17. The Morgan fingerprint density at radius 3 is 2.74 bits per heavy atom. The van der Waals surface area contributed by atoms with Crippen LogP contribution in [0.5, 0.6) is 5.75 Å². The Morgan fingerprint density at radius 2 is 2.16 bits per heavy atom. The van der Waals surface area contributed by atoms with Crippen LogP contribution in [0, 0.1) is 0 Å². The standard InChI is InChI=1S/C13H16N2O4/c1-15(9-3-4-9)12(16)7-19-11-6-8(13(17)18)2-5-10(11)14/h2,5-6,9H,3-4,7,14H2,1H3,(H,17,18). The van der Waals surface area contributed by atoms with Gasteiger partial charge in [-0.15, -0.1) is 0 Å². The van der Waals surface area contributed by atoms with Crippen LogP contribution in [0.25, 0.3) is 0 Å². The number of nitrogens with zero attached hydrogens (tertiary/aromatic N) is 1. The molecule has 0 radical (unpaired) electrons. The first-order valence-electron chi connectivity index (χ1n) is 6.00. The van der Waals surface area contributed by atoms with Crippen LogP contribution in [0.15, 0.2) is 18.2 Å². The number of nitrogens with two attached hydrogens (primary N) is 1. The van der Waals surface area contributed by atoms with Crippen molar-refractivity contribution in [2.24, 2.45) is 0 Å². The molecule has 0 bridgehead atoms. The summed E-state index contributed by atoms with van der Waals surface area (Å²) in [6.45, 7) is -0.139. The molecule has 0 atom stereocenters. The summed E-state index contributed by atoms with van der Waals surface area (Å²) >= 11 is 0. The van der Waals surface area contributed by atoms with E-state index in [1.54, 1.807) is 11.9 Å². The lowest BCUT2D eigenvalue weighted by molar-refractivity contribution is -0.132. The van der Waals surface area contributed by atoms with Crippen molar-refractivity contribution in [1.29, 1.82) is 0 Å². The number of likely N-dealkylation sites (N-methyl/N-ethyl adjacent to an activating group) is 1. The van der Waals surface area contributed by atoms with Crippen LogP contribution in [-0.4, -0.2) is 41.6 Å². The average molecular weight is 264 g/mol. The number of ether oxygens (including phenoxy) is 1. The van der Waals surface area contributed by atoms with Crippen LogP contribution in [0.2, 0.25) is 0 Å². The van der Waals surface area contributed by atoms with Gasteiger partial charge in [0.1, 0.15) is 5.75 Å². The van der Waals surface area contributed by atoms with Gasteiger partial charge in [-0.3, -0.25) is 4.79 Å². The molecule has 1 aliphatic rings. The number of carbonyl (C=O) groups excluding carboxylic acids is 1. The van der Waals surface area contributed by atoms with Gasteiger partial charge < -0.3 is 20.5 Å². The van der Waals surface area contributed by atoms with E-state index in [1.807, 2.05) is 0 Å². The largest absolute Gasteiger partial charge is 0.482 e. The summed E-state index contributed by atoms with van der Waals surface area (Å²) in [5, 5.41) is 8.88. The Labute approximate surface area is 110 Å². The minimum absolute atomic E-state index is 0.0761. The zero-order valence-corrected chi connectivity index (χ0v) is 10.6. The zero-order chi connectivity index (χ0) is 14.0. The molecule has 102 valence electrons. The number of rotatable bonds is 5. The quantitative estimate of drug-likeness (QED) is 0.773. The number of hydrogen-bond donors (Lipinski definition) is 2. The van der Waals surface area contributed by atoms with Gasteiger partial charge in [-0.25, -0.2) is 4.79 Å². The second-order valence-corrected chi connectivity index (χ2v) is 4.58. The molecule has 2 rings (SSSR count). The summed E-state index contributed by atoms with van der Waals surface area (Å²) in [6.07, 6.45) is 2.05. The van der Waals surface area contributed by atoms with E-state index in [4.69, 9.17) is 15.6 Å². The summed E-state index contributed by atoms with van der Waals surface area (Å²) in [5.41, 5.74) is 6.07. The van der Waals surface area contributed by atoms with Gasteiger partial charge in [0.15, 0.2) is 6.61 Å². The summed E-state index contributed by atoms with van der Waals surface area (Å²) in [6, 6.07) is 4.48. The Morgan fingerprint density at radius 1 is 1.47 bits per heavy atom. The maximum atomic E-state index is 11.8. The van der Waals surface area contributed by atoms with Gasteiger partial charge in [0.05, 0.1) is 11.3 Å². The van der Waals surface area contributed by atoms with Crippen LogP contribution in [0.4, 0.5) is 5.69 Å². The molecule has 0 aromatic heterocycles. The van der Waals surface area contributed by atoms with Crippen LogP contribution in [-0.2, 0) is 4.79 Å². The van der Waals surface area contributed by atoms with E-state index in [2.05, 4.69) is 0 Å². The minimum atomic E-state index is -1.06. The molecule has 0 saturated heterocycles. The maximum Gasteiger partial charge on any atom is 0.335 e. The number of hydrogen-bond acceptors (Lipinski definition) is 4. The summed E-state index contributed by atoms with van der Waals surface area (Å²) in [4.78, 5) is 24.3. The van der Waals surface area contributed by atoms with Crippen molar-refractivity contribution in [3.63, 3.8) is 0 Å². The number of anilines is 1. The highest BCUT2D eigenvalue weighted by atomic mass is 16.5. The third kappa shape index (κ3) is 3.15. The fourth-order valence-corrected chi connectivity index (χ4v) is 1.70. The summed E-state index contributed by atoms with van der Waals surface area (Å²) < 4.78 is 5.31. The number of nitrogen functional groups attached to an aromatic ring is 1. The molecule has 1 aromatic carbocycles.